The fourth-order valence-corrected chi connectivity index (χ4v) is 8.07. The predicted molar refractivity (Wildman–Crippen MR) is 199 cm³/mol. The number of fused-ring (bicyclic) bond motifs is 6. The fourth-order valence-electron chi connectivity index (χ4n) is 8.07. The van der Waals surface area contributed by atoms with Gasteiger partial charge in [-0.3, -0.25) is 0 Å². The van der Waals surface area contributed by atoms with Crippen molar-refractivity contribution in [1.29, 1.82) is 15.8 Å². The van der Waals surface area contributed by atoms with E-state index in [0.29, 0.717) is 16.7 Å². The minimum absolute atomic E-state index is 0.127. The molecular weight excluding hydrogens is 611 g/mol. The Hall–Kier alpha value is -6.87. The summed E-state index contributed by atoms with van der Waals surface area (Å²) >= 11 is 0. The first-order valence-electron chi connectivity index (χ1n) is 16.8. The fraction of sp³-hybridized carbons (Fsp3) is 0.0889. The van der Waals surface area contributed by atoms with Gasteiger partial charge in [0.1, 0.15) is 0 Å². The third-order valence-electron chi connectivity index (χ3n) is 10.4. The highest BCUT2D eigenvalue weighted by Gasteiger charge is 2.38. The van der Waals surface area contributed by atoms with Crippen molar-refractivity contribution in [3.8, 4) is 35.0 Å². The number of nitriles is 3. The first-order valence-corrected chi connectivity index (χ1v) is 16.8. The van der Waals surface area contributed by atoms with Crippen LogP contribution >= 0.6 is 0 Å². The van der Waals surface area contributed by atoms with Crippen molar-refractivity contribution >= 4 is 27.5 Å². The highest BCUT2D eigenvalue weighted by atomic mass is 15.2. The van der Waals surface area contributed by atoms with E-state index in [9.17, 15) is 15.8 Å². The van der Waals surface area contributed by atoms with Crippen molar-refractivity contribution < 1.29 is 0 Å². The third-order valence-corrected chi connectivity index (χ3v) is 10.4. The van der Waals surface area contributed by atoms with Crippen molar-refractivity contribution in [2.24, 2.45) is 0 Å². The van der Waals surface area contributed by atoms with Crippen LogP contribution in [0.2, 0.25) is 0 Å². The summed E-state index contributed by atoms with van der Waals surface area (Å²) in [6.07, 6.45) is 13.9. The molecule has 0 bridgehead atoms. The van der Waals surface area contributed by atoms with E-state index in [1.165, 1.54) is 11.3 Å². The minimum atomic E-state index is 0.127. The molecule has 3 atom stereocenters. The summed E-state index contributed by atoms with van der Waals surface area (Å²) in [6.45, 7) is 0. The van der Waals surface area contributed by atoms with Gasteiger partial charge >= 0.3 is 0 Å². The lowest BCUT2D eigenvalue weighted by molar-refractivity contribution is 0.717. The van der Waals surface area contributed by atoms with Crippen LogP contribution < -0.4 is 4.90 Å². The molecule has 6 aromatic rings. The number of benzene rings is 5. The lowest BCUT2D eigenvalue weighted by Crippen LogP contribution is -2.32. The van der Waals surface area contributed by atoms with E-state index in [0.717, 1.165) is 56.3 Å². The van der Waals surface area contributed by atoms with Gasteiger partial charge in [-0.25, -0.2) is 0 Å². The number of para-hydroxylation sites is 3. The Morgan fingerprint density at radius 3 is 2.26 bits per heavy atom. The van der Waals surface area contributed by atoms with Crippen molar-refractivity contribution in [2.45, 2.75) is 24.3 Å². The molecule has 2 aliphatic carbocycles. The van der Waals surface area contributed by atoms with Crippen LogP contribution in [0.5, 0.6) is 0 Å². The zero-order valence-electron chi connectivity index (χ0n) is 27.0. The van der Waals surface area contributed by atoms with Gasteiger partial charge in [0.2, 0.25) is 0 Å². The topological polar surface area (TPSA) is 79.5 Å². The summed E-state index contributed by atoms with van der Waals surface area (Å²) in [5.41, 5.74) is 11.6. The molecule has 0 spiro atoms. The van der Waals surface area contributed by atoms with Crippen molar-refractivity contribution in [2.75, 3.05) is 4.90 Å². The summed E-state index contributed by atoms with van der Waals surface area (Å²) < 4.78 is 2.25. The summed E-state index contributed by atoms with van der Waals surface area (Å²) in [5, 5.41) is 31.6. The molecule has 0 radical (unpaired) electrons. The highest BCUT2D eigenvalue weighted by molar-refractivity contribution is 6.10. The van der Waals surface area contributed by atoms with Crippen LogP contribution in [0.1, 0.15) is 40.5 Å². The van der Waals surface area contributed by atoms with E-state index >= 15 is 0 Å². The maximum atomic E-state index is 10.3. The number of hydrogen-bond donors (Lipinski definition) is 0. The summed E-state index contributed by atoms with van der Waals surface area (Å²) in [4.78, 5) is 2.40. The molecule has 5 nitrogen and oxygen atoms in total. The Morgan fingerprint density at radius 2 is 1.44 bits per heavy atom. The molecule has 3 unspecified atom stereocenters. The molecule has 234 valence electrons. The molecule has 0 amide bonds. The average molecular weight is 640 g/mol. The van der Waals surface area contributed by atoms with Crippen LogP contribution in [0, 0.1) is 34.0 Å². The lowest BCUT2D eigenvalue weighted by atomic mass is 9.87. The van der Waals surface area contributed by atoms with Gasteiger partial charge in [0.15, 0.2) is 0 Å². The van der Waals surface area contributed by atoms with E-state index in [1.807, 2.05) is 54.6 Å². The summed E-state index contributed by atoms with van der Waals surface area (Å²) in [6, 6.07) is 44.3. The quantitative estimate of drug-likeness (QED) is 0.192. The zero-order chi connectivity index (χ0) is 33.8. The summed E-state index contributed by atoms with van der Waals surface area (Å²) in [7, 11) is 0. The number of nitrogens with zero attached hydrogens (tertiary/aromatic N) is 5. The number of allylic oxidation sites excluding steroid dienone is 5. The Labute approximate surface area is 290 Å². The first-order chi connectivity index (χ1) is 24.7. The average Bonchev–Trinajstić information content (AvgIpc) is 3.69. The normalized spacial score (nSPS) is 18.9. The van der Waals surface area contributed by atoms with Crippen LogP contribution in [-0.4, -0.2) is 10.6 Å². The van der Waals surface area contributed by atoms with Crippen LogP contribution in [0.3, 0.4) is 0 Å². The van der Waals surface area contributed by atoms with Gasteiger partial charge in [-0.15, -0.1) is 0 Å². The van der Waals surface area contributed by atoms with Gasteiger partial charge in [-0.1, -0.05) is 85.0 Å². The maximum Gasteiger partial charge on any atom is 0.0998 e. The Balaban J connectivity index is 1.09. The molecule has 0 saturated heterocycles. The van der Waals surface area contributed by atoms with Gasteiger partial charge in [0.05, 0.1) is 52.1 Å². The van der Waals surface area contributed by atoms with Crippen LogP contribution in [0.4, 0.5) is 5.69 Å². The molecule has 5 aromatic carbocycles. The van der Waals surface area contributed by atoms with Gasteiger partial charge in [0, 0.05) is 50.7 Å². The van der Waals surface area contributed by atoms with E-state index in [-0.39, 0.29) is 17.9 Å². The van der Waals surface area contributed by atoms with Crippen LogP contribution in [0.15, 0.2) is 157 Å². The van der Waals surface area contributed by atoms with Crippen molar-refractivity contribution in [3.63, 3.8) is 0 Å². The standard InChI is InChI=1S/C45H29N5/c46-26-29-13-21-44-39(23-29)36-8-2-4-10-41(36)49(44)34-19-17-31(18-20-34)32-15-16-33(28-48)38(25-32)35-7-1-5-11-42(35)50-43-12-6-3-9-37(43)40-24-30(27-47)14-22-45(40)50/h1-17,19-25,31,39,44H,18H2. The van der Waals surface area contributed by atoms with E-state index in [1.54, 1.807) is 0 Å². The number of rotatable bonds is 4. The molecule has 50 heavy (non-hydrogen) atoms. The Kier molecular flexibility index (Phi) is 6.84. The van der Waals surface area contributed by atoms with Crippen LogP contribution in [0.25, 0.3) is 38.6 Å². The van der Waals surface area contributed by atoms with Gasteiger partial charge < -0.3 is 9.47 Å². The molecule has 0 saturated carbocycles. The highest BCUT2D eigenvalue weighted by Crippen LogP contribution is 2.47. The van der Waals surface area contributed by atoms with E-state index < -0.39 is 0 Å². The molecule has 2 heterocycles. The Bertz CT molecular complexity index is 2640. The first kappa shape index (κ1) is 29.3. The predicted octanol–water partition coefficient (Wildman–Crippen LogP) is 10.1. The van der Waals surface area contributed by atoms with Gasteiger partial charge in [-0.05, 0) is 78.2 Å². The third kappa shape index (κ3) is 4.51. The molecule has 0 N–H and O–H groups in total. The maximum absolute atomic E-state index is 10.3. The molecule has 1 aromatic heterocycles. The van der Waals surface area contributed by atoms with Gasteiger partial charge in [-0.2, -0.15) is 15.8 Å². The molecule has 5 heteroatoms. The van der Waals surface area contributed by atoms with E-state index in [4.69, 9.17) is 0 Å². The van der Waals surface area contributed by atoms with Crippen LogP contribution in [-0.2, 0) is 0 Å². The SMILES string of the molecule is N#CC1=CC2c3ccccc3N(C3=CCC(c4ccc(C#N)c(-c5ccccc5-n5c6ccccc6c6cc(C#N)ccc65)c4)C=C3)C2C=C1. The second-order valence-electron chi connectivity index (χ2n) is 13.0. The van der Waals surface area contributed by atoms with Gasteiger partial charge in [0.25, 0.3) is 0 Å². The second-order valence-corrected chi connectivity index (χ2v) is 13.0. The van der Waals surface area contributed by atoms with Crippen molar-refractivity contribution in [1.82, 2.24) is 4.57 Å². The molecule has 3 aliphatic rings. The number of anilines is 1. The zero-order valence-corrected chi connectivity index (χ0v) is 27.0. The molecule has 0 fully saturated rings. The smallest absolute Gasteiger partial charge is 0.0998 e. The molecule has 1 aliphatic heterocycles. The Morgan fingerprint density at radius 1 is 0.640 bits per heavy atom. The van der Waals surface area contributed by atoms with E-state index in [2.05, 4.69) is 119 Å². The van der Waals surface area contributed by atoms with Crippen molar-refractivity contribution in [3.05, 3.63) is 179 Å². The monoisotopic (exact) mass is 639 g/mol. The largest absolute Gasteiger partial charge is 0.334 e. The summed E-state index contributed by atoms with van der Waals surface area (Å²) in [5.74, 6) is 0.289. The lowest BCUT2D eigenvalue weighted by Gasteiger charge is -2.32. The minimum Gasteiger partial charge on any atom is -0.334 e. The molecular formula is C45H29N5. The second kappa shape index (κ2) is 11.7. The molecule has 9 rings (SSSR count). The number of hydrogen-bond acceptors (Lipinski definition) is 4. The number of aromatic nitrogens is 1.